The number of hydrogen-bond donors (Lipinski definition) is 1. The number of nitrogens with one attached hydrogen (secondary N) is 1. The highest BCUT2D eigenvalue weighted by Gasteiger charge is 2.27. The van der Waals surface area contributed by atoms with E-state index in [9.17, 15) is 9.59 Å². The van der Waals surface area contributed by atoms with Crippen molar-refractivity contribution in [1.29, 1.82) is 0 Å². The molecule has 7 rings (SSSR count). The molecule has 43 heavy (non-hydrogen) atoms. The minimum atomic E-state index is -0.258. The molecule has 12 heteroatoms. The largest absolute Gasteiger partial charge is 0.368 e. The molecule has 222 valence electrons. The van der Waals surface area contributed by atoms with Gasteiger partial charge in [0, 0.05) is 67.4 Å². The van der Waals surface area contributed by atoms with Crippen molar-refractivity contribution < 1.29 is 0 Å². The molecule has 0 atom stereocenters. The lowest BCUT2D eigenvalue weighted by atomic mass is 10.1. The fourth-order valence-corrected chi connectivity index (χ4v) is 5.93. The lowest BCUT2D eigenvalue weighted by Gasteiger charge is -2.34. The Kier molecular flexibility index (Phi) is 6.65. The first-order chi connectivity index (χ1) is 20.8. The number of rotatable bonds is 8. The Balaban J connectivity index is 1.34. The van der Waals surface area contributed by atoms with Gasteiger partial charge in [0.05, 0.1) is 18.1 Å². The highest BCUT2D eigenvalue weighted by molar-refractivity contribution is 5.96. The van der Waals surface area contributed by atoms with Gasteiger partial charge in [-0.15, -0.1) is 11.7 Å². The summed E-state index contributed by atoms with van der Waals surface area (Å²) in [6, 6.07) is 10.0. The van der Waals surface area contributed by atoms with E-state index in [1.807, 2.05) is 13.8 Å². The molecule has 4 aromatic heterocycles. The summed E-state index contributed by atoms with van der Waals surface area (Å²) < 4.78 is 6.93. The van der Waals surface area contributed by atoms with E-state index in [-0.39, 0.29) is 23.7 Å². The summed E-state index contributed by atoms with van der Waals surface area (Å²) in [5.74, 6) is 0.773. The maximum absolute atomic E-state index is 13.4. The molecule has 0 spiro atoms. The van der Waals surface area contributed by atoms with Crippen LogP contribution in [-0.2, 0) is 6.54 Å². The Hall–Kier alpha value is -4.71. The Bertz CT molecular complexity index is 1970. The van der Waals surface area contributed by atoms with Gasteiger partial charge in [0.2, 0.25) is 5.95 Å². The molecule has 2 fully saturated rings. The smallest absolute Gasteiger partial charge is 0.278 e. The lowest BCUT2D eigenvalue weighted by Crippen LogP contribution is -2.44. The Morgan fingerprint density at radius 2 is 1.86 bits per heavy atom. The zero-order chi connectivity index (χ0) is 29.8. The SMILES string of the molecule is C=CCn1c(=O)c2cnc(Nc3cc(N4CCN(C)CC4)c4ccn(C5CC5)c4c3)nc2n1-c1ccc(=O)n(C(C)C)n1. The van der Waals surface area contributed by atoms with Gasteiger partial charge in [-0.2, -0.15) is 4.98 Å². The number of likely N-dealkylation sites (N-methyl/N-ethyl adjacent to an activating group) is 1. The van der Waals surface area contributed by atoms with Gasteiger partial charge in [-0.1, -0.05) is 6.08 Å². The molecular weight excluding hydrogens is 544 g/mol. The van der Waals surface area contributed by atoms with E-state index >= 15 is 0 Å². The Morgan fingerprint density at radius 3 is 2.58 bits per heavy atom. The van der Waals surface area contributed by atoms with Crippen LogP contribution in [0, 0.1) is 0 Å². The number of benzene rings is 1. The van der Waals surface area contributed by atoms with E-state index in [2.05, 4.69) is 67.8 Å². The molecule has 1 saturated carbocycles. The number of allylic oxidation sites excluding steroid dienone is 1. The van der Waals surface area contributed by atoms with E-state index < -0.39 is 0 Å². The van der Waals surface area contributed by atoms with Gasteiger partial charge in [0.15, 0.2) is 11.5 Å². The highest BCUT2D eigenvalue weighted by atomic mass is 16.1. The molecule has 1 N–H and O–H groups in total. The van der Waals surface area contributed by atoms with Crippen molar-refractivity contribution in [3.05, 3.63) is 76.1 Å². The van der Waals surface area contributed by atoms with Crippen molar-refractivity contribution in [2.24, 2.45) is 0 Å². The molecule has 12 nitrogen and oxygen atoms in total. The first-order valence-electron chi connectivity index (χ1n) is 14.9. The fourth-order valence-electron chi connectivity index (χ4n) is 5.93. The van der Waals surface area contributed by atoms with Crippen molar-refractivity contribution in [3.63, 3.8) is 0 Å². The molecule has 1 saturated heterocycles. The van der Waals surface area contributed by atoms with Crippen LogP contribution < -0.4 is 21.3 Å². The van der Waals surface area contributed by atoms with Crippen LogP contribution in [0.15, 0.2) is 65.0 Å². The van der Waals surface area contributed by atoms with Gasteiger partial charge in [0.25, 0.3) is 11.1 Å². The molecule has 1 aromatic carbocycles. The second-order valence-corrected chi connectivity index (χ2v) is 11.8. The summed E-state index contributed by atoms with van der Waals surface area (Å²) >= 11 is 0. The van der Waals surface area contributed by atoms with Crippen LogP contribution in [0.4, 0.5) is 17.3 Å². The van der Waals surface area contributed by atoms with Crippen LogP contribution >= 0.6 is 0 Å². The molecule has 5 heterocycles. The Labute approximate surface area is 248 Å². The average Bonchev–Trinajstić information content (AvgIpc) is 3.69. The minimum absolute atomic E-state index is 0.153. The average molecular weight is 581 g/mol. The van der Waals surface area contributed by atoms with Crippen LogP contribution in [0.25, 0.3) is 27.8 Å². The predicted octanol–water partition coefficient (Wildman–Crippen LogP) is 3.69. The van der Waals surface area contributed by atoms with Crippen LogP contribution in [0.3, 0.4) is 0 Å². The molecule has 0 radical (unpaired) electrons. The summed E-state index contributed by atoms with van der Waals surface area (Å²) in [5.41, 5.74) is 3.19. The van der Waals surface area contributed by atoms with E-state index in [1.54, 1.807) is 23.0 Å². The topological polar surface area (TPSA) is 111 Å². The Morgan fingerprint density at radius 1 is 1.07 bits per heavy atom. The van der Waals surface area contributed by atoms with E-state index in [0.29, 0.717) is 28.8 Å². The second-order valence-electron chi connectivity index (χ2n) is 11.8. The molecule has 0 bridgehead atoms. The number of piperazine rings is 1. The summed E-state index contributed by atoms with van der Waals surface area (Å²) in [4.78, 5) is 40.0. The summed E-state index contributed by atoms with van der Waals surface area (Å²) in [7, 11) is 2.16. The van der Waals surface area contributed by atoms with E-state index in [0.717, 1.165) is 31.9 Å². The standard InChI is InChI=1S/C31H36N10O2/c1-5-11-39-30(43)24-19-32-31(34-29(24)41(39)27-8-9-28(42)40(35-27)20(2)3)33-21-17-25(37-15-13-36(4)14-16-37)23-10-12-38(22-6-7-22)26(23)18-21/h5,8-10,12,17-20,22H,1,6-7,11,13-16H2,2-4H3,(H,32,33,34). The van der Waals surface area contributed by atoms with Crippen molar-refractivity contribution in [2.45, 2.75) is 45.3 Å². The van der Waals surface area contributed by atoms with Gasteiger partial charge < -0.3 is 19.7 Å². The third-order valence-electron chi connectivity index (χ3n) is 8.35. The van der Waals surface area contributed by atoms with Crippen LogP contribution in [0.1, 0.15) is 38.8 Å². The van der Waals surface area contributed by atoms with Crippen molar-refractivity contribution >= 4 is 39.3 Å². The van der Waals surface area contributed by atoms with Gasteiger partial charge >= 0.3 is 0 Å². The number of aromatic nitrogens is 7. The molecule has 0 unspecified atom stereocenters. The third-order valence-corrected chi connectivity index (χ3v) is 8.35. The lowest BCUT2D eigenvalue weighted by molar-refractivity contribution is 0.313. The highest BCUT2D eigenvalue weighted by Crippen LogP contribution is 2.41. The molecule has 5 aromatic rings. The third kappa shape index (κ3) is 4.81. The van der Waals surface area contributed by atoms with Gasteiger partial charge in [-0.05, 0) is 58.0 Å². The summed E-state index contributed by atoms with van der Waals surface area (Å²) in [6.07, 6.45) is 7.80. The zero-order valence-corrected chi connectivity index (χ0v) is 24.8. The molecule has 2 aliphatic rings. The second kappa shape index (κ2) is 10.5. The molecule has 1 aliphatic carbocycles. The van der Waals surface area contributed by atoms with Crippen molar-refractivity contribution in [3.8, 4) is 5.82 Å². The maximum atomic E-state index is 13.4. The van der Waals surface area contributed by atoms with Crippen LogP contribution in [0.5, 0.6) is 0 Å². The van der Waals surface area contributed by atoms with Crippen molar-refractivity contribution in [2.75, 3.05) is 43.4 Å². The predicted molar refractivity (Wildman–Crippen MR) is 169 cm³/mol. The summed E-state index contributed by atoms with van der Waals surface area (Å²) in [5, 5.41) is 9.61. The number of nitrogens with zero attached hydrogens (tertiary/aromatic N) is 9. The zero-order valence-electron chi connectivity index (χ0n) is 24.8. The van der Waals surface area contributed by atoms with Gasteiger partial charge in [-0.3, -0.25) is 9.59 Å². The number of anilines is 3. The first-order valence-corrected chi connectivity index (χ1v) is 14.9. The molecule has 0 amide bonds. The normalized spacial score (nSPS) is 16.0. The monoisotopic (exact) mass is 580 g/mol. The fraction of sp³-hybridized carbons (Fsp3) is 0.387. The molecule has 1 aliphatic heterocycles. The summed E-state index contributed by atoms with van der Waals surface area (Å²) in [6.45, 7) is 11.8. The quantitative estimate of drug-likeness (QED) is 0.277. The van der Waals surface area contributed by atoms with Gasteiger partial charge in [-0.25, -0.2) is 19.0 Å². The first kappa shape index (κ1) is 27.1. The maximum Gasteiger partial charge on any atom is 0.278 e. The van der Waals surface area contributed by atoms with Crippen LogP contribution in [0.2, 0.25) is 0 Å². The minimum Gasteiger partial charge on any atom is -0.368 e. The number of hydrogen-bond acceptors (Lipinski definition) is 8. The molecular formula is C31H36N10O2. The van der Waals surface area contributed by atoms with Gasteiger partial charge in [0.1, 0.15) is 5.39 Å². The number of fused-ring (bicyclic) bond motifs is 2. The van der Waals surface area contributed by atoms with E-state index in [1.165, 1.54) is 44.9 Å². The van der Waals surface area contributed by atoms with E-state index in [4.69, 9.17) is 4.98 Å². The van der Waals surface area contributed by atoms with Crippen LogP contribution in [-0.4, -0.2) is 71.8 Å². The van der Waals surface area contributed by atoms with Crippen molar-refractivity contribution in [1.82, 2.24) is 38.6 Å².